The normalized spacial score (nSPS) is 15.0. The van der Waals surface area contributed by atoms with Crippen LogP contribution in [0.4, 0.5) is 0 Å². The van der Waals surface area contributed by atoms with Gasteiger partial charge in [-0.1, -0.05) is 13.8 Å². The predicted molar refractivity (Wildman–Crippen MR) is 82.3 cm³/mol. The Morgan fingerprint density at radius 3 is 2.48 bits per heavy atom. The molecule has 0 unspecified atom stereocenters. The van der Waals surface area contributed by atoms with Crippen molar-refractivity contribution in [2.45, 2.75) is 31.3 Å². The van der Waals surface area contributed by atoms with E-state index in [2.05, 4.69) is 5.32 Å². The van der Waals surface area contributed by atoms with Crippen molar-refractivity contribution >= 4 is 17.7 Å². The highest BCUT2D eigenvalue weighted by atomic mass is 32.2. The zero-order valence-electron chi connectivity index (χ0n) is 12.5. The van der Waals surface area contributed by atoms with Crippen LogP contribution in [0.5, 0.6) is 11.5 Å². The van der Waals surface area contributed by atoms with Gasteiger partial charge in [0, 0.05) is 11.4 Å². The molecule has 1 aromatic carbocycles. The zero-order valence-corrected chi connectivity index (χ0v) is 13.3. The van der Waals surface area contributed by atoms with Crippen LogP contribution in [0.2, 0.25) is 0 Å². The third-order valence-corrected chi connectivity index (χ3v) is 4.21. The molecule has 21 heavy (non-hydrogen) atoms. The van der Waals surface area contributed by atoms with Crippen LogP contribution in [0.25, 0.3) is 0 Å². The van der Waals surface area contributed by atoms with Gasteiger partial charge in [-0.25, -0.2) is 0 Å². The number of benzene rings is 1. The summed E-state index contributed by atoms with van der Waals surface area (Å²) in [5.74, 6) is 0.686. The zero-order chi connectivity index (χ0) is 15.4. The first-order valence-electron chi connectivity index (χ1n) is 6.95. The van der Waals surface area contributed by atoms with Crippen LogP contribution in [0, 0.1) is 5.92 Å². The minimum atomic E-state index is -0.826. The minimum absolute atomic E-state index is 0.0254. The maximum absolute atomic E-state index is 11.2. The van der Waals surface area contributed by atoms with Gasteiger partial charge in [-0.2, -0.15) is 0 Å². The predicted octanol–water partition coefficient (Wildman–Crippen LogP) is 2.38. The van der Waals surface area contributed by atoms with Crippen molar-refractivity contribution in [1.29, 1.82) is 0 Å². The van der Waals surface area contributed by atoms with E-state index in [1.807, 2.05) is 32.2 Å². The molecule has 0 fully saturated rings. The Kier molecular flexibility index (Phi) is 5.36. The molecule has 0 saturated carbocycles. The van der Waals surface area contributed by atoms with Crippen LogP contribution < -0.4 is 14.8 Å². The standard InChI is InChI=1S/C15H21NO4S/c1-9(2)14(15(17)18)16-8-10-6-11-12(7-13(10)21-3)20-5-4-19-11/h6-7,9,14,16H,4-5,8H2,1-3H3,(H,17,18)/t14-/m0/s1. The van der Waals surface area contributed by atoms with E-state index in [9.17, 15) is 9.90 Å². The second kappa shape index (κ2) is 7.04. The van der Waals surface area contributed by atoms with Crippen molar-refractivity contribution in [1.82, 2.24) is 5.32 Å². The van der Waals surface area contributed by atoms with Crippen LogP contribution >= 0.6 is 11.8 Å². The average molecular weight is 311 g/mol. The van der Waals surface area contributed by atoms with Crippen molar-refractivity contribution in [2.75, 3.05) is 19.5 Å². The molecule has 1 heterocycles. The monoisotopic (exact) mass is 311 g/mol. The number of ether oxygens (including phenoxy) is 2. The number of fused-ring (bicyclic) bond motifs is 1. The number of thioether (sulfide) groups is 1. The lowest BCUT2D eigenvalue weighted by atomic mass is 10.0. The molecule has 6 heteroatoms. The molecule has 0 aromatic heterocycles. The summed E-state index contributed by atoms with van der Waals surface area (Å²) in [5, 5.41) is 12.3. The first kappa shape index (κ1) is 16.0. The highest BCUT2D eigenvalue weighted by Crippen LogP contribution is 2.36. The maximum Gasteiger partial charge on any atom is 0.320 e. The van der Waals surface area contributed by atoms with Crippen LogP contribution in [-0.2, 0) is 11.3 Å². The number of nitrogens with one attached hydrogen (secondary N) is 1. The molecule has 2 rings (SSSR count). The summed E-state index contributed by atoms with van der Waals surface area (Å²) in [5.41, 5.74) is 1.03. The van der Waals surface area contributed by atoms with Gasteiger partial charge in [0.2, 0.25) is 0 Å². The molecule has 0 amide bonds. The Bertz CT molecular complexity index is 519. The number of carboxylic acid groups (broad SMARTS) is 1. The van der Waals surface area contributed by atoms with E-state index in [1.165, 1.54) is 0 Å². The van der Waals surface area contributed by atoms with Gasteiger partial charge >= 0.3 is 5.97 Å². The molecule has 5 nitrogen and oxygen atoms in total. The summed E-state index contributed by atoms with van der Waals surface area (Å²) < 4.78 is 11.2. The molecular formula is C15H21NO4S. The Hall–Kier alpha value is -1.40. The van der Waals surface area contributed by atoms with Gasteiger partial charge in [-0.3, -0.25) is 4.79 Å². The molecule has 0 aliphatic carbocycles. The highest BCUT2D eigenvalue weighted by Gasteiger charge is 2.22. The Labute approximate surface area is 129 Å². The lowest BCUT2D eigenvalue weighted by molar-refractivity contribution is -0.140. The molecule has 1 atom stereocenters. The Morgan fingerprint density at radius 1 is 1.33 bits per heavy atom. The van der Waals surface area contributed by atoms with Crippen LogP contribution in [0.15, 0.2) is 17.0 Å². The quantitative estimate of drug-likeness (QED) is 0.786. The van der Waals surface area contributed by atoms with E-state index >= 15 is 0 Å². The van der Waals surface area contributed by atoms with Gasteiger partial charge in [-0.05, 0) is 29.9 Å². The van der Waals surface area contributed by atoms with E-state index < -0.39 is 12.0 Å². The number of aliphatic carboxylic acids is 1. The van der Waals surface area contributed by atoms with Gasteiger partial charge in [0.15, 0.2) is 11.5 Å². The molecule has 1 aliphatic rings. The molecule has 1 aromatic rings. The molecule has 0 bridgehead atoms. The van der Waals surface area contributed by atoms with Gasteiger partial charge in [0.1, 0.15) is 19.3 Å². The van der Waals surface area contributed by atoms with E-state index in [-0.39, 0.29) is 5.92 Å². The number of hydrogen-bond acceptors (Lipinski definition) is 5. The Balaban J connectivity index is 2.17. The molecule has 2 N–H and O–H groups in total. The summed E-state index contributed by atoms with van der Waals surface area (Å²) in [6, 6.07) is 3.33. The first-order valence-corrected chi connectivity index (χ1v) is 8.18. The Morgan fingerprint density at radius 2 is 1.95 bits per heavy atom. The molecule has 1 aliphatic heterocycles. The number of hydrogen-bond donors (Lipinski definition) is 2. The van der Waals surface area contributed by atoms with E-state index in [0.717, 1.165) is 22.0 Å². The lowest BCUT2D eigenvalue weighted by Crippen LogP contribution is -2.40. The van der Waals surface area contributed by atoms with Gasteiger partial charge in [-0.15, -0.1) is 11.8 Å². The number of rotatable bonds is 6. The van der Waals surface area contributed by atoms with Crippen LogP contribution in [-0.4, -0.2) is 36.6 Å². The summed E-state index contributed by atoms with van der Waals surface area (Å²) >= 11 is 1.61. The molecule has 0 radical (unpaired) electrons. The lowest BCUT2D eigenvalue weighted by Gasteiger charge is -2.22. The summed E-state index contributed by atoms with van der Waals surface area (Å²) in [6.07, 6.45) is 1.99. The maximum atomic E-state index is 11.2. The van der Waals surface area contributed by atoms with E-state index in [1.54, 1.807) is 11.8 Å². The smallest absolute Gasteiger partial charge is 0.320 e. The summed E-state index contributed by atoms with van der Waals surface area (Å²) in [7, 11) is 0. The summed E-state index contributed by atoms with van der Waals surface area (Å²) in [6.45, 7) is 5.38. The van der Waals surface area contributed by atoms with Gasteiger partial charge < -0.3 is 19.9 Å². The van der Waals surface area contributed by atoms with E-state index in [4.69, 9.17) is 9.47 Å². The fourth-order valence-electron chi connectivity index (χ4n) is 2.27. The van der Waals surface area contributed by atoms with Crippen molar-refractivity contribution in [2.24, 2.45) is 5.92 Å². The second-order valence-corrected chi connectivity index (χ2v) is 6.10. The fraction of sp³-hybridized carbons (Fsp3) is 0.533. The first-order chi connectivity index (χ1) is 10.0. The SMILES string of the molecule is CSc1cc2c(cc1CN[C@H](C(=O)O)C(C)C)OCCO2. The topological polar surface area (TPSA) is 67.8 Å². The number of carboxylic acids is 1. The van der Waals surface area contributed by atoms with Crippen molar-refractivity contribution < 1.29 is 19.4 Å². The molecule has 0 spiro atoms. The highest BCUT2D eigenvalue weighted by molar-refractivity contribution is 7.98. The summed E-state index contributed by atoms with van der Waals surface area (Å²) in [4.78, 5) is 12.3. The molecule has 0 saturated heterocycles. The van der Waals surface area contributed by atoms with Crippen molar-refractivity contribution in [3.05, 3.63) is 17.7 Å². The second-order valence-electron chi connectivity index (χ2n) is 5.25. The van der Waals surface area contributed by atoms with Crippen molar-refractivity contribution in [3.8, 4) is 11.5 Å². The molecular weight excluding hydrogens is 290 g/mol. The average Bonchev–Trinajstić information content (AvgIpc) is 2.45. The van der Waals surface area contributed by atoms with Gasteiger partial charge in [0.25, 0.3) is 0 Å². The fourth-order valence-corrected chi connectivity index (χ4v) is 2.89. The molecule has 116 valence electrons. The third-order valence-electron chi connectivity index (χ3n) is 3.39. The van der Waals surface area contributed by atoms with Crippen LogP contribution in [0.1, 0.15) is 19.4 Å². The van der Waals surface area contributed by atoms with Crippen LogP contribution in [0.3, 0.4) is 0 Å². The van der Waals surface area contributed by atoms with Crippen molar-refractivity contribution in [3.63, 3.8) is 0 Å². The third kappa shape index (κ3) is 3.83. The largest absolute Gasteiger partial charge is 0.486 e. The van der Waals surface area contributed by atoms with Gasteiger partial charge in [0.05, 0.1) is 0 Å². The minimum Gasteiger partial charge on any atom is -0.486 e. The van der Waals surface area contributed by atoms with E-state index in [0.29, 0.717) is 19.8 Å². The number of carbonyl (C=O) groups is 1.